The SMILES string of the molecule is COc1ccc(C2OCC3CC(F)C(=O)N32)cc1. The topological polar surface area (TPSA) is 38.8 Å². The maximum absolute atomic E-state index is 13.4. The molecule has 18 heavy (non-hydrogen) atoms. The highest BCUT2D eigenvalue weighted by Crippen LogP contribution is 2.38. The van der Waals surface area contributed by atoms with Gasteiger partial charge in [0.2, 0.25) is 0 Å². The van der Waals surface area contributed by atoms with Gasteiger partial charge in [-0.25, -0.2) is 4.39 Å². The Morgan fingerprint density at radius 2 is 2.11 bits per heavy atom. The minimum Gasteiger partial charge on any atom is -0.497 e. The fraction of sp³-hybridized carbons (Fsp3) is 0.462. The summed E-state index contributed by atoms with van der Waals surface area (Å²) in [6, 6.07) is 7.16. The molecule has 0 N–H and O–H groups in total. The number of benzene rings is 1. The van der Waals surface area contributed by atoms with E-state index in [1.165, 1.54) is 4.90 Å². The summed E-state index contributed by atoms with van der Waals surface area (Å²) in [5, 5.41) is 0. The van der Waals surface area contributed by atoms with E-state index in [4.69, 9.17) is 9.47 Å². The number of halogens is 1. The fourth-order valence-corrected chi connectivity index (χ4v) is 2.56. The van der Waals surface area contributed by atoms with Crippen molar-refractivity contribution in [2.45, 2.75) is 24.9 Å². The van der Waals surface area contributed by atoms with Crippen LogP contribution >= 0.6 is 0 Å². The fourth-order valence-electron chi connectivity index (χ4n) is 2.56. The quantitative estimate of drug-likeness (QED) is 0.802. The number of amides is 1. The summed E-state index contributed by atoms with van der Waals surface area (Å²) in [4.78, 5) is 13.3. The molecule has 0 bridgehead atoms. The summed E-state index contributed by atoms with van der Waals surface area (Å²) in [7, 11) is 1.59. The first-order valence-corrected chi connectivity index (χ1v) is 5.92. The maximum atomic E-state index is 13.4. The summed E-state index contributed by atoms with van der Waals surface area (Å²) in [6.07, 6.45) is -1.60. The number of fused-ring (bicyclic) bond motifs is 1. The number of ether oxygens (including phenoxy) is 2. The van der Waals surface area contributed by atoms with Gasteiger partial charge in [-0.05, 0) is 12.1 Å². The Bertz CT molecular complexity index is 462. The molecule has 0 aromatic heterocycles. The second-order valence-corrected chi connectivity index (χ2v) is 4.56. The van der Waals surface area contributed by atoms with Gasteiger partial charge >= 0.3 is 0 Å². The maximum Gasteiger partial charge on any atom is 0.259 e. The molecule has 96 valence electrons. The standard InChI is InChI=1S/C13H14FNO3/c1-17-10-4-2-8(3-5-10)13-15-9(7-18-13)6-11(14)12(15)16/h2-5,9,11,13H,6-7H2,1H3. The van der Waals surface area contributed by atoms with Crippen LogP contribution in [0.3, 0.4) is 0 Å². The Hall–Kier alpha value is -1.62. The molecule has 3 atom stereocenters. The van der Waals surface area contributed by atoms with Crippen molar-refractivity contribution in [3.8, 4) is 5.75 Å². The molecule has 0 radical (unpaired) electrons. The minimum atomic E-state index is -1.38. The van der Waals surface area contributed by atoms with E-state index in [-0.39, 0.29) is 12.5 Å². The van der Waals surface area contributed by atoms with Crippen molar-refractivity contribution >= 4 is 5.91 Å². The Morgan fingerprint density at radius 1 is 1.39 bits per heavy atom. The van der Waals surface area contributed by atoms with Gasteiger partial charge in [-0.2, -0.15) is 0 Å². The number of methoxy groups -OCH3 is 1. The van der Waals surface area contributed by atoms with Gasteiger partial charge in [0.25, 0.3) is 5.91 Å². The molecule has 2 fully saturated rings. The van der Waals surface area contributed by atoms with Crippen molar-refractivity contribution in [2.24, 2.45) is 0 Å². The van der Waals surface area contributed by atoms with Crippen molar-refractivity contribution < 1.29 is 18.7 Å². The number of hydrogen-bond donors (Lipinski definition) is 0. The highest BCUT2D eigenvalue weighted by atomic mass is 19.1. The molecule has 1 aromatic rings. The van der Waals surface area contributed by atoms with Crippen LogP contribution in [0.15, 0.2) is 24.3 Å². The minimum absolute atomic E-state index is 0.125. The third-order valence-corrected chi connectivity index (χ3v) is 3.49. The van der Waals surface area contributed by atoms with Crippen LogP contribution in [0.1, 0.15) is 18.2 Å². The van der Waals surface area contributed by atoms with Crippen LogP contribution in [0.2, 0.25) is 0 Å². The molecular formula is C13H14FNO3. The van der Waals surface area contributed by atoms with E-state index >= 15 is 0 Å². The predicted octanol–water partition coefficient (Wildman–Crippen LogP) is 1.66. The molecule has 3 rings (SSSR count). The predicted molar refractivity (Wildman–Crippen MR) is 61.8 cm³/mol. The number of carbonyl (C=O) groups excluding carboxylic acids is 1. The van der Waals surface area contributed by atoms with Crippen LogP contribution in [0.25, 0.3) is 0 Å². The van der Waals surface area contributed by atoms with Crippen molar-refractivity contribution in [1.29, 1.82) is 0 Å². The monoisotopic (exact) mass is 251 g/mol. The highest BCUT2D eigenvalue weighted by molar-refractivity contribution is 5.84. The van der Waals surface area contributed by atoms with Gasteiger partial charge in [0, 0.05) is 12.0 Å². The zero-order chi connectivity index (χ0) is 12.7. The summed E-state index contributed by atoms with van der Waals surface area (Å²) in [5.74, 6) is 0.280. The Kier molecular flexibility index (Phi) is 2.70. The lowest BCUT2D eigenvalue weighted by Gasteiger charge is -2.22. The number of alkyl halides is 1. The lowest BCUT2D eigenvalue weighted by molar-refractivity contribution is -0.138. The molecule has 2 heterocycles. The van der Waals surface area contributed by atoms with Gasteiger partial charge in [0.15, 0.2) is 12.4 Å². The third-order valence-electron chi connectivity index (χ3n) is 3.49. The van der Waals surface area contributed by atoms with Crippen molar-refractivity contribution in [1.82, 2.24) is 4.90 Å². The van der Waals surface area contributed by atoms with E-state index in [0.29, 0.717) is 6.61 Å². The number of nitrogens with zero attached hydrogens (tertiary/aromatic N) is 1. The van der Waals surface area contributed by atoms with E-state index in [9.17, 15) is 9.18 Å². The van der Waals surface area contributed by atoms with Crippen LogP contribution < -0.4 is 4.74 Å². The summed E-state index contributed by atoms with van der Waals surface area (Å²) in [5.41, 5.74) is 0.848. The van der Waals surface area contributed by atoms with Crippen LogP contribution in [-0.2, 0) is 9.53 Å². The van der Waals surface area contributed by atoms with E-state index in [1.54, 1.807) is 19.2 Å². The average Bonchev–Trinajstić information content (AvgIpc) is 2.92. The molecule has 0 aliphatic carbocycles. The van der Waals surface area contributed by atoms with Crippen molar-refractivity contribution in [3.05, 3.63) is 29.8 Å². The number of carbonyl (C=O) groups is 1. The number of rotatable bonds is 2. The Labute approximate surface area is 104 Å². The highest BCUT2D eigenvalue weighted by Gasteiger charge is 2.48. The molecule has 2 saturated heterocycles. The second kappa shape index (κ2) is 4.24. The van der Waals surface area contributed by atoms with Crippen LogP contribution in [-0.4, -0.2) is 36.7 Å². The molecule has 0 saturated carbocycles. The molecule has 3 unspecified atom stereocenters. The Morgan fingerprint density at radius 3 is 2.78 bits per heavy atom. The van der Waals surface area contributed by atoms with Gasteiger partial charge in [-0.3, -0.25) is 4.79 Å². The summed E-state index contributed by atoms with van der Waals surface area (Å²) >= 11 is 0. The largest absolute Gasteiger partial charge is 0.497 e. The first-order valence-electron chi connectivity index (χ1n) is 5.92. The van der Waals surface area contributed by atoms with Crippen molar-refractivity contribution in [3.63, 3.8) is 0 Å². The second-order valence-electron chi connectivity index (χ2n) is 4.56. The molecule has 0 spiro atoms. The molecular weight excluding hydrogens is 237 g/mol. The number of hydrogen-bond acceptors (Lipinski definition) is 3. The van der Waals surface area contributed by atoms with E-state index in [1.807, 2.05) is 12.1 Å². The summed E-state index contributed by atoms with van der Waals surface area (Å²) < 4.78 is 24.1. The zero-order valence-corrected chi connectivity index (χ0v) is 10.0. The van der Waals surface area contributed by atoms with Crippen LogP contribution in [0, 0.1) is 0 Å². The van der Waals surface area contributed by atoms with Gasteiger partial charge in [0.05, 0.1) is 19.8 Å². The molecule has 2 aliphatic heterocycles. The molecule has 4 nitrogen and oxygen atoms in total. The average molecular weight is 251 g/mol. The van der Waals surface area contributed by atoms with Gasteiger partial charge < -0.3 is 14.4 Å². The van der Waals surface area contributed by atoms with Gasteiger partial charge in [-0.1, -0.05) is 12.1 Å². The summed E-state index contributed by atoms with van der Waals surface area (Å²) in [6.45, 7) is 0.406. The van der Waals surface area contributed by atoms with Gasteiger partial charge in [-0.15, -0.1) is 0 Å². The van der Waals surface area contributed by atoms with E-state index in [2.05, 4.69) is 0 Å². The van der Waals surface area contributed by atoms with Crippen molar-refractivity contribution in [2.75, 3.05) is 13.7 Å². The molecule has 1 aromatic carbocycles. The lowest BCUT2D eigenvalue weighted by atomic mass is 10.2. The van der Waals surface area contributed by atoms with Crippen LogP contribution in [0.4, 0.5) is 4.39 Å². The molecule has 5 heteroatoms. The Balaban J connectivity index is 1.86. The first-order chi connectivity index (χ1) is 8.70. The molecule has 1 amide bonds. The lowest BCUT2D eigenvalue weighted by Crippen LogP contribution is -2.32. The zero-order valence-electron chi connectivity index (χ0n) is 10.0. The van der Waals surface area contributed by atoms with Crippen LogP contribution in [0.5, 0.6) is 5.75 Å². The van der Waals surface area contributed by atoms with E-state index < -0.39 is 18.3 Å². The smallest absolute Gasteiger partial charge is 0.259 e. The third kappa shape index (κ3) is 1.66. The first kappa shape index (κ1) is 11.5. The van der Waals surface area contributed by atoms with Gasteiger partial charge in [0.1, 0.15) is 5.75 Å². The normalized spacial score (nSPS) is 30.7. The molecule has 2 aliphatic rings. The van der Waals surface area contributed by atoms with E-state index in [0.717, 1.165) is 11.3 Å².